The third-order valence-corrected chi connectivity index (χ3v) is 2.86. The number of nitrogens with two attached hydrogens (primary N) is 1. The van der Waals surface area contributed by atoms with Crippen LogP contribution in [-0.2, 0) is 6.54 Å². The largest absolute Gasteiger partial charge is 0.329 e. The van der Waals surface area contributed by atoms with E-state index in [4.69, 9.17) is 5.73 Å². The molecule has 0 fully saturated rings. The molecule has 0 aliphatic carbocycles. The van der Waals surface area contributed by atoms with Gasteiger partial charge in [-0.15, -0.1) is 0 Å². The molecule has 0 aliphatic rings. The Kier molecular flexibility index (Phi) is 2.19. The quantitative estimate of drug-likeness (QED) is 0.698. The second kappa shape index (κ2) is 3.71. The van der Waals surface area contributed by atoms with Crippen molar-refractivity contribution in [2.45, 2.75) is 6.54 Å². The van der Waals surface area contributed by atoms with Gasteiger partial charge < -0.3 is 10.3 Å². The molecule has 5 heteroatoms. The second-order valence-electron chi connectivity index (χ2n) is 3.86. The van der Waals surface area contributed by atoms with E-state index in [2.05, 4.69) is 4.98 Å². The molecule has 3 aromatic rings. The number of hydrogen-bond acceptors (Lipinski definition) is 3. The van der Waals surface area contributed by atoms with E-state index in [0.29, 0.717) is 18.7 Å². The minimum atomic E-state index is -0.0980. The minimum absolute atomic E-state index is 0.0980. The standard InChI is InChI=1S/C12H12N4O/c13-5-7-16-10-4-2-1-3-9(10)15-8-6-14-11(15)12(16)17/h1-4,6,8H,5,7,13H2. The summed E-state index contributed by atoms with van der Waals surface area (Å²) in [6, 6.07) is 7.75. The molecule has 0 bridgehead atoms. The highest BCUT2D eigenvalue weighted by Gasteiger charge is 2.09. The van der Waals surface area contributed by atoms with E-state index in [1.807, 2.05) is 28.7 Å². The molecule has 17 heavy (non-hydrogen) atoms. The predicted octanol–water partition coefficient (Wildman–Crippen LogP) is 0.608. The van der Waals surface area contributed by atoms with Crippen LogP contribution in [0.1, 0.15) is 0 Å². The van der Waals surface area contributed by atoms with Gasteiger partial charge in [-0.3, -0.25) is 9.20 Å². The van der Waals surface area contributed by atoms with E-state index in [-0.39, 0.29) is 5.56 Å². The molecule has 2 aromatic heterocycles. The molecular weight excluding hydrogens is 216 g/mol. The molecule has 0 aliphatic heterocycles. The van der Waals surface area contributed by atoms with Crippen molar-refractivity contribution in [3.63, 3.8) is 0 Å². The van der Waals surface area contributed by atoms with Crippen molar-refractivity contribution in [2.75, 3.05) is 6.54 Å². The van der Waals surface area contributed by atoms with Crippen molar-refractivity contribution in [1.29, 1.82) is 0 Å². The molecule has 0 atom stereocenters. The fraction of sp³-hybridized carbons (Fsp3) is 0.167. The highest BCUT2D eigenvalue weighted by atomic mass is 16.1. The summed E-state index contributed by atoms with van der Waals surface area (Å²) in [7, 11) is 0. The van der Waals surface area contributed by atoms with Gasteiger partial charge in [-0.05, 0) is 12.1 Å². The number of benzene rings is 1. The van der Waals surface area contributed by atoms with Crippen molar-refractivity contribution in [3.8, 4) is 0 Å². The number of hydrogen-bond donors (Lipinski definition) is 1. The molecular formula is C12H12N4O. The Balaban J connectivity index is 2.57. The molecule has 1 aromatic carbocycles. The van der Waals surface area contributed by atoms with Crippen molar-refractivity contribution in [3.05, 3.63) is 47.0 Å². The van der Waals surface area contributed by atoms with Crippen molar-refractivity contribution in [1.82, 2.24) is 14.0 Å². The molecule has 3 rings (SSSR count). The van der Waals surface area contributed by atoms with Gasteiger partial charge in [0, 0.05) is 25.5 Å². The van der Waals surface area contributed by atoms with Crippen LogP contribution < -0.4 is 11.3 Å². The number of aromatic nitrogens is 3. The number of nitrogens with zero attached hydrogens (tertiary/aromatic N) is 3. The van der Waals surface area contributed by atoms with Gasteiger partial charge in [-0.1, -0.05) is 12.1 Å². The van der Waals surface area contributed by atoms with E-state index < -0.39 is 0 Å². The molecule has 0 radical (unpaired) electrons. The van der Waals surface area contributed by atoms with Gasteiger partial charge in [0.2, 0.25) is 5.65 Å². The molecule has 0 amide bonds. The van der Waals surface area contributed by atoms with E-state index >= 15 is 0 Å². The summed E-state index contributed by atoms with van der Waals surface area (Å²) in [5.74, 6) is 0. The predicted molar refractivity (Wildman–Crippen MR) is 66.0 cm³/mol. The molecule has 0 saturated carbocycles. The SMILES string of the molecule is NCCn1c(=O)c2nccn2c2ccccc21. The van der Waals surface area contributed by atoms with Crippen LogP contribution in [0.2, 0.25) is 0 Å². The van der Waals surface area contributed by atoms with Gasteiger partial charge in [-0.2, -0.15) is 0 Å². The molecule has 86 valence electrons. The van der Waals surface area contributed by atoms with Crippen LogP contribution in [0.5, 0.6) is 0 Å². The lowest BCUT2D eigenvalue weighted by Crippen LogP contribution is -2.26. The molecule has 0 saturated heterocycles. The summed E-state index contributed by atoms with van der Waals surface area (Å²) in [5.41, 5.74) is 7.75. The summed E-state index contributed by atoms with van der Waals surface area (Å²) < 4.78 is 3.49. The number of rotatable bonds is 2. The average Bonchev–Trinajstić information content (AvgIpc) is 2.84. The maximum Gasteiger partial charge on any atom is 0.294 e. The Bertz CT molecular complexity index is 741. The summed E-state index contributed by atoms with van der Waals surface area (Å²) in [5, 5.41) is 0. The fourth-order valence-corrected chi connectivity index (χ4v) is 2.13. The Morgan fingerprint density at radius 3 is 2.76 bits per heavy atom. The van der Waals surface area contributed by atoms with Crippen LogP contribution in [0, 0.1) is 0 Å². The topological polar surface area (TPSA) is 65.3 Å². The van der Waals surface area contributed by atoms with E-state index in [9.17, 15) is 4.79 Å². The van der Waals surface area contributed by atoms with Crippen LogP contribution in [0.25, 0.3) is 16.7 Å². The number of fused-ring (bicyclic) bond motifs is 3. The molecule has 0 spiro atoms. The van der Waals surface area contributed by atoms with Gasteiger partial charge >= 0.3 is 0 Å². The maximum absolute atomic E-state index is 12.2. The van der Waals surface area contributed by atoms with Crippen LogP contribution in [0.15, 0.2) is 41.5 Å². The minimum Gasteiger partial charge on any atom is -0.329 e. The number of imidazole rings is 1. The zero-order valence-electron chi connectivity index (χ0n) is 9.21. The lowest BCUT2D eigenvalue weighted by atomic mass is 10.3. The van der Waals surface area contributed by atoms with E-state index in [0.717, 1.165) is 11.0 Å². The van der Waals surface area contributed by atoms with E-state index in [1.54, 1.807) is 17.0 Å². The normalized spacial score (nSPS) is 11.4. The molecule has 2 N–H and O–H groups in total. The Hall–Kier alpha value is -2.14. The maximum atomic E-state index is 12.2. The third kappa shape index (κ3) is 1.36. The first kappa shape index (κ1) is 10.0. The fourth-order valence-electron chi connectivity index (χ4n) is 2.13. The first-order valence-corrected chi connectivity index (χ1v) is 5.47. The van der Waals surface area contributed by atoms with Crippen molar-refractivity contribution < 1.29 is 0 Å². The summed E-state index contributed by atoms with van der Waals surface area (Å²) in [4.78, 5) is 16.3. The monoisotopic (exact) mass is 228 g/mol. The highest BCUT2D eigenvalue weighted by Crippen LogP contribution is 2.13. The van der Waals surface area contributed by atoms with Crippen LogP contribution in [-0.4, -0.2) is 20.5 Å². The van der Waals surface area contributed by atoms with Crippen LogP contribution in [0.4, 0.5) is 0 Å². The van der Waals surface area contributed by atoms with Gasteiger partial charge in [0.1, 0.15) is 0 Å². The first-order chi connectivity index (χ1) is 8.33. The summed E-state index contributed by atoms with van der Waals surface area (Å²) in [6.07, 6.45) is 3.43. The highest BCUT2D eigenvalue weighted by molar-refractivity contribution is 5.78. The zero-order chi connectivity index (χ0) is 11.8. The Morgan fingerprint density at radius 2 is 2.00 bits per heavy atom. The molecule has 5 nitrogen and oxygen atoms in total. The van der Waals surface area contributed by atoms with Crippen molar-refractivity contribution in [2.24, 2.45) is 5.73 Å². The third-order valence-electron chi connectivity index (χ3n) is 2.86. The number of para-hydroxylation sites is 2. The smallest absolute Gasteiger partial charge is 0.294 e. The zero-order valence-corrected chi connectivity index (χ0v) is 9.21. The Morgan fingerprint density at radius 1 is 1.24 bits per heavy atom. The molecule has 2 heterocycles. The lowest BCUT2D eigenvalue weighted by molar-refractivity contribution is 0.705. The lowest BCUT2D eigenvalue weighted by Gasteiger charge is -2.10. The van der Waals surface area contributed by atoms with Crippen LogP contribution >= 0.6 is 0 Å². The summed E-state index contributed by atoms with van der Waals surface area (Å²) in [6.45, 7) is 0.934. The second-order valence-corrected chi connectivity index (χ2v) is 3.86. The van der Waals surface area contributed by atoms with Crippen LogP contribution in [0.3, 0.4) is 0 Å². The molecule has 0 unspecified atom stereocenters. The summed E-state index contributed by atoms with van der Waals surface area (Å²) >= 11 is 0. The Labute approximate surface area is 97.1 Å². The average molecular weight is 228 g/mol. The first-order valence-electron chi connectivity index (χ1n) is 5.47. The van der Waals surface area contributed by atoms with Gasteiger partial charge in [0.25, 0.3) is 5.56 Å². The van der Waals surface area contributed by atoms with Gasteiger partial charge in [0.05, 0.1) is 11.0 Å². The van der Waals surface area contributed by atoms with Gasteiger partial charge in [0.15, 0.2) is 0 Å². The van der Waals surface area contributed by atoms with Gasteiger partial charge in [-0.25, -0.2) is 4.98 Å². The van der Waals surface area contributed by atoms with E-state index in [1.165, 1.54) is 0 Å². The van der Waals surface area contributed by atoms with Crippen molar-refractivity contribution >= 4 is 16.7 Å².